The van der Waals surface area contributed by atoms with Gasteiger partial charge in [-0.1, -0.05) is 22.0 Å². The second-order valence-electron chi connectivity index (χ2n) is 3.57. The van der Waals surface area contributed by atoms with Crippen LogP contribution in [-0.2, 0) is 6.61 Å². The number of aliphatic hydroxyl groups is 1. The smallest absolute Gasteiger partial charge is 0.140 e. The molecule has 2 aromatic rings. The molecule has 0 bridgehead atoms. The van der Waals surface area contributed by atoms with E-state index in [0.29, 0.717) is 12.4 Å². The number of rotatable bonds is 4. The molecule has 0 unspecified atom stereocenters. The number of ether oxygens (including phenoxy) is 1. The Balaban J connectivity index is 2.16. The van der Waals surface area contributed by atoms with Crippen molar-refractivity contribution in [1.29, 1.82) is 0 Å². The lowest BCUT2D eigenvalue weighted by molar-refractivity contribution is 0.190. The van der Waals surface area contributed by atoms with E-state index in [1.807, 2.05) is 23.6 Å². The first-order chi connectivity index (χ1) is 8.16. The topological polar surface area (TPSA) is 42.4 Å². The molecule has 3 nitrogen and oxygen atoms in total. The maximum atomic E-state index is 9.64. The summed E-state index contributed by atoms with van der Waals surface area (Å²) in [7, 11) is 0. The van der Waals surface area contributed by atoms with E-state index in [-0.39, 0.29) is 0 Å². The molecule has 0 spiro atoms. The zero-order chi connectivity index (χ0) is 12.3. The van der Waals surface area contributed by atoms with Gasteiger partial charge in [-0.15, -0.1) is 11.3 Å². The van der Waals surface area contributed by atoms with E-state index >= 15 is 0 Å². The van der Waals surface area contributed by atoms with Gasteiger partial charge in [-0.3, -0.25) is 0 Å². The summed E-state index contributed by atoms with van der Waals surface area (Å²) in [6.07, 6.45) is 1.20. The molecule has 17 heavy (non-hydrogen) atoms. The average Bonchev–Trinajstić information content (AvgIpc) is 2.78. The van der Waals surface area contributed by atoms with Gasteiger partial charge in [-0.2, -0.15) is 0 Å². The SMILES string of the molecule is C[C@@H](O)c1ccc(Br)cc1OCc1nccs1. The van der Waals surface area contributed by atoms with Gasteiger partial charge in [-0.25, -0.2) is 4.98 Å². The summed E-state index contributed by atoms with van der Waals surface area (Å²) >= 11 is 4.94. The molecular formula is C12H12BrNO2S. The summed E-state index contributed by atoms with van der Waals surface area (Å²) < 4.78 is 6.61. The molecule has 0 aliphatic carbocycles. The molecule has 1 aromatic carbocycles. The van der Waals surface area contributed by atoms with Gasteiger partial charge in [-0.05, 0) is 19.1 Å². The Morgan fingerprint density at radius 2 is 2.35 bits per heavy atom. The molecule has 0 radical (unpaired) electrons. The van der Waals surface area contributed by atoms with E-state index in [1.165, 1.54) is 0 Å². The number of aromatic nitrogens is 1. The van der Waals surface area contributed by atoms with Gasteiger partial charge in [0.05, 0.1) is 6.10 Å². The third kappa shape index (κ3) is 3.28. The minimum atomic E-state index is -0.547. The highest BCUT2D eigenvalue weighted by Gasteiger charge is 2.10. The van der Waals surface area contributed by atoms with Crippen molar-refractivity contribution in [3.8, 4) is 5.75 Å². The molecule has 0 saturated carbocycles. The molecule has 1 N–H and O–H groups in total. The van der Waals surface area contributed by atoms with Crippen LogP contribution in [0, 0.1) is 0 Å². The fraction of sp³-hybridized carbons (Fsp3) is 0.250. The zero-order valence-corrected chi connectivity index (χ0v) is 11.7. The summed E-state index contributed by atoms with van der Waals surface area (Å²) in [5.41, 5.74) is 0.782. The Morgan fingerprint density at radius 3 is 3.00 bits per heavy atom. The maximum Gasteiger partial charge on any atom is 0.140 e. The third-order valence-electron chi connectivity index (χ3n) is 2.26. The number of halogens is 1. The minimum Gasteiger partial charge on any atom is -0.486 e. The highest BCUT2D eigenvalue weighted by atomic mass is 79.9. The van der Waals surface area contributed by atoms with Gasteiger partial charge in [0.15, 0.2) is 0 Å². The summed E-state index contributed by atoms with van der Waals surface area (Å²) in [5, 5.41) is 12.5. The second kappa shape index (κ2) is 5.62. The van der Waals surface area contributed by atoms with E-state index < -0.39 is 6.10 Å². The summed E-state index contributed by atoms with van der Waals surface area (Å²) in [4.78, 5) is 4.15. The lowest BCUT2D eigenvalue weighted by Crippen LogP contribution is -2.00. The number of nitrogens with zero attached hydrogens (tertiary/aromatic N) is 1. The van der Waals surface area contributed by atoms with E-state index in [4.69, 9.17) is 4.74 Å². The normalized spacial score (nSPS) is 12.4. The van der Waals surface area contributed by atoms with Crippen molar-refractivity contribution in [1.82, 2.24) is 4.98 Å². The van der Waals surface area contributed by atoms with E-state index in [1.54, 1.807) is 24.5 Å². The predicted octanol–water partition coefficient (Wildman–Crippen LogP) is 3.54. The van der Waals surface area contributed by atoms with E-state index in [2.05, 4.69) is 20.9 Å². The molecule has 0 saturated heterocycles. The van der Waals surface area contributed by atoms with E-state index in [0.717, 1.165) is 15.0 Å². The lowest BCUT2D eigenvalue weighted by Gasteiger charge is -2.13. The molecule has 0 aliphatic rings. The summed E-state index contributed by atoms with van der Waals surface area (Å²) in [6, 6.07) is 5.60. The van der Waals surface area contributed by atoms with Crippen molar-refractivity contribution >= 4 is 27.3 Å². The third-order valence-corrected chi connectivity index (χ3v) is 3.51. The first kappa shape index (κ1) is 12.5. The largest absolute Gasteiger partial charge is 0.486 e. The van der Waals surface area contributed by atoms with Crippen LogP contribution < -0.4 is 4.74 Å². The molecule has 1 atom stereocenters. The van der Waals surface area contributed by atoms with Gasteiger partial charge in [0, 0.05) is 21.6 Å². The summed E-state index contributed by atoms with van der Waals surface area (Å²) in [5.74, 6) is 0.685. The minimum absolute atomic E-state index is 0.424. The van der Waals surface area contributed by atoms with Crippen LogP contribution in [0.1, 0.15) is 23.6 Å². The predicted molar refractivity (Wildman–Crippen MR) is 71.2 cm³/mol. The molecule has 1 aromatic heterocycles. The molecular weight excluding hydrogens is 302 g/mol. The van der Waals surface area contributed by atoms with Crippen LogP contribution in [0.15, 0.2) is 34.2 Å². The summed E-state index contributed by atoms with van der Waals surface area (Å²) in [6.45, 7) is 2.15. The first-order valence-electron chi connectivity index (χ1n) is 5.15. The van der Waals surface area contributed by atoms with Crippen LogP contribution in [0.25, 0.3) is 0 Å². The average molecular weight is 314 g/mol. The molecule has 2 rings (SSSR count). The second-order valence-corrected chi connectivity index (χ2v) is 5.47. The Labute approximate surface area is 112 Å². The van der Waals surface area contributed by atoms with Crippen molar-refractivity contribution in [2.24, 2.45) is 0 Å². The van der Waals surface area contributed by atoms with Gasteiger partial charge in [0.2, 0.25) is 0 Å². The van der Waals surface area contributed by atoms with Crippen LogP contribution in [-0.4, -0.2) is 10.1 Å². The fourth-order valence-electron chi connectivity index (χ4n) is 1.44. The van der Waals surface area contributed by atoms with Crippen LogP contribution in [0.3, 0.4) is 0 Å². The zero-order valence-electron chi connectivity index (χ0n) is 9.26. The van der Waals surface area contributed by atoms with Crippen molar-refractivity contribution < 1.29 is 9.84 Å². The number of hydrogen-bond donors (Lipinski definition) is 1. The van der Waals surface area contributed by atoms with Crippen LogP contribution >= 0.6 is 27.3 Å². The molecule has 0 amide bonds. The lowest BCUT2D eigenvalue weighted by atomic mass is 10.1. The van der Waals surface area contributed by atoms with E-state index in [9.17, 15) is 5.11 Å². The molecule has 0 fully saturated rings. The van der Waals surface area contributed by atoms with Crippen molar-refractivity contribution in [3.63, 3.8) is 0 Å². The quantitative estimate of drug-likeness (QED) is 0.938. The number of thiazole rings is 1. The Kier molecular flexibility index (Phi) is 4.15. The van der Waals surface area contributed by atoms with Crippen LogP contribution in [0.2, 0.25) is 0 Å². The molecule has 5 heteroatoms. The van der Waals surface area contributed by atoms with Gasteiger partial charge in [0.1, 0.15) is 17.4 Å². The Bertz CT molecular complexity index is 485. The van der Waals surface area contributed by atoms with Crippen LogP contribution in [0.5, 0.6) is 5.75 Å². The first-order valence-corrected chi connectivity index (χ1v) is 6.83. The number of benzene rings is 1. The molecule has 0 aliphatic heterocycles. The Morgan fingerprint density at radius 1 is 1.53 bits per heavy atom. The Hall–Kier alpha value is -0.910. The number of aliphatic hydroxyl groups excluding tert-OH is 1. The highest BCUT2D eigenvalue weighted by Crippen LogP contribution is 2.29. The molecule has 90 valence electrons. The van der Waals surface area contributed by atoms with Crippen molar-refractivity contribution in [2.75, 3.05) is 0 Å². The highest BCUT2D eigenvalue weighted by molar-refractivity contribution is 9.10. The van der Waals surface area contributed by atoms with Crippen molar-refractivity contribution in [3.05, 3.63) is 44.8 Å². The van der Waals surface area contributed by atoms with Gasteiger partial charge >= 0.3 is 0 Å². The monoisotopic (exact) mass is 313 g/mol. The standard InChI is InChI=1S/C12H12BrNO2S/c1-8(15)10-3-2-9(13)6-11(10)16-7-12-14-4-5-17-12/h2-6,8,15H,7H2,1H3/t8-/m1/s1. The fourth-order valence-corrected chi connectivity index (χ4v) is 2.31. The number of hydrogen-bond acceptors (Lipinski definition) is 4. The van der Waals surface area contributed by atoms with Gasteiger partial charge < -0.3 is 9.84 Å². The maximum absolute atomic E-state index is 9.64. The van der Waals surface area contributed by atoms with Crippen LogP contribution in [0.4, 0.5) is 0 Å². The molecule has 1 heterocycles. The van der Waals surface area contributed by atoms with Gasteiger partial charge in [0.25, 0.3) is 0 Å². The van der Waals surface area contributed by atoms with Crippen molar-refractivity contribution in [2.45, 2.75) is 19.6 Å².